The van der Waals surface area contributed by atoms with E-state index in [-0.39, 0.29) is 11.8 Å². The van der Waals surface area contributed by atoms with Crippen LogP contribution in [0.4, 0.5) is 5.69 Å². The monoisotopic (exact) mass is 399 g/mol. The molecule has 3 aromatic carbocycles. The third-order valence-corrected chi connectivity index (χ3v) is 5.06. The van der Waals surface area contributed by atoms with Crippen molar-refractivity contribution in [1.29, 1.82) is 0 Å². The van der Waals surface area contributed by atoms with Crippen LogP contribution < -0.4 is 14.4 Å². The average Bonchev–Trinajstić information content (AvgIpc) is 2.77. The Morgan fingerprint density at radius 3 is 1.97 bits per heavy atom. The van der Waals surface area contributed by atoms with Crippen LogP contribution >= 0.6 is 0 Å². The van der Waals surface area contributed by atoms with Gasteiger partial charge in [-0.15, -0.1) is 0 Å². The highest BCUT2D eigenvalue weighted by atomic mass is 16.5. The highest BCUT2D eigenvalue weighted by molar-refractivity contribution is 6.43. The lowest BCUT2D eigenvalue weighted by atomic mass is 9.91. The third-order valence-electron chi connectivity index (χ3n) is 5.06. The van der Waals surface area contributed by atoms with E-state index in [1.165, 1.54) is 4.90 Å². The molecule has 0 aromatic heterocycles. The predicted octanol–water partition coefficient (Wildman–Crippen LogP) is 4.74. The minimum atomic E-state index is -0.371. The molecule has 5 heteroatoms. The SMILES string of the molecule is COc1cc(/C=C2/C(=O)N(c3ccc(C)cc3)C(=O)c3ccccc32)cc(OC)c1. The van der Waals surface area contributed by atoms with Crippen molar-refractivity contribution in [1.82, 2.24) is 0 Å². The molecular formula is C25H21NO4. The van der Waals surface area contributed by atoms with Crippen molar-refractivity contribution < 1.29 is 19.1 Å². The summed E-state index contributed by atoms with van der Waals surface area (Å²) in [5, 5.41) is 0. The molecule has 0 fully saturated rings. The Balaban J connectivity index is 1.89. The molecule has 1 aliphatic rings. The van der Waals surface area contributed by atoms with E-state index in [1.54, 1.807) is 56.7 Å². The molecule has 0 saturated carbocycles. The van der Waals surface area contributed by atoms with Gasteiger partial charge in [-0.25, -0.2) is 4.90 Å². The molecule has 3 aromatic rings. The molecule has 1 heterocycles. The van der Waals surface area contributed by atoms with Gasteiger partial charge in [-0.05, 0) is 54.5 Å². The highest BCUT2D eigenvalue weighted by Crippen LogP contribution is 2.34. The van der Waals surface area contributed by atoms with Gasteiger partial charge in [0.25, 0.3) is 11.8 Å². The van der Waals surface area contributed by atoms with E-state index in [4.69, 9.17) is 9.47 Å². The standard InChI is InChI=1S/C25H21NO4/c1-16-8-10-18(11-9-16)26-24(27)22-7-5-4-6-21(22)23(25(26)28)14-17-12-19(29-2)15-20(13-17)30-3/h4-15H,1-3H3/b23-14+. The zero-order chi connectivity index (χ0) is 21.3. The summed E-state index contributed by atoms with van der Waals surface area (Å²) in [5.41, 5.74) is 3.86. The fourth-order valence-electron chi connectivity index (χ4n) is 3.50. The Hall–Kier alpha value is -3.86. The number of imide groups is 1. The average molecular weight is 399 g/mol. The van der Waals surface area contributed by atoms with E-state index in [1.807, 2.05) is 37.3 Å². The Labute approximate surface area is 175 Å². The molecule has 4 rings (SSSR count). The summed E-state index contributed by atoms with van der Waals surface area (Å²) in [6.45, 7) is 1.96. The van der Waals surface area contributed by atoms with Crippen molar-refractivity contribution in [3.05, 3.63) is 89.0 Å². The number of amides is 2. The first-order chi connectivity index (χ1) is 14.5. The first-order valence-electron chi connectivity index (χ1n) is 9.51. The molecule has 0 aliphatic carbocycles. The lowest BCUT2D eigenvalue weighted by Crippen LogP contribution is -2.41. The lowest BCUT2D eigenvalue weighted by Gasteiger charge is -2.28. The van der Waals surface area contributed by atoms with Gasteiger partial charge >= 0.3 is 0 Å². The maximum Gasteiger partial charge on any atom is 0.265 e. The van der Waals surface area contributed by atoms with Crippen LogP contribution in [0.3, 0.4) is 0 Å². The van der Waals surface area contributed by atoms with Crippen molar-refractivity contribution >= 4 is 29.2 Å². The molecule has 1 aliphatic heterocycles. The van der Waals surface area contributed by atoms with Crippen LogP contribution in [0.5, 0.6) is 11.5 Å². The zero-order valence-electron chi connectivity index (χ0n) is 17.0. The van der Waals surface area contributed by atoms with Crippen LogP contribution in [0.25, 0.3) is 11.6 Å². The van der Waals surface area contributed by atoms with Gasteiger partial charge in [0.05, 0.1) is 19.9 Å². The normalized spacial score (nSPS) is 14.6. The van der Waals surface area contributed by atoms with Crippen LogP contribution in [0.1, 0.15) is 27.0 Å². The van der Waals surface area contributed by atoms with Crippen LogP contribution in [0.2, 0.25) is 0 Å². The molecular weight excluding hydrogens is 378 g/mol. The smallest absolute Gasteiger partial charge is 0.265 e. The minimum absolute atomic E-state index is 0.333. The summed E-state index contributed by atoms with van der Waals surface area (Å²) >= 11 is 0. The fraction of sp³-hybridized carbons (Fsp3) is 0.120. The molecule has 5 nitrogen and oxygen atoms in total. The van der Waals surface area contributed by atoms with Crippen LogP contribution in [-0.2, 0) is 4.79 Å². The second-order valence-electron chi connectivity index (χ2n) is 7.03. The summed E-state index contributed by atoms with van der Waals surface area (Å²) in [6, 6.07) is 19.9. The number of anilines is 1. The number of ether oxygens (including phenoxy) is 2. The number of rotatable bonds is 4. The maximum absolute atomic E-state index is 13.5. The number of carbonyl (C=O) groups excluding carboxylic acids is 2. The van der Waals surface area contributed by atoms with Gasteiger partial charge < -0.3 is 9.47 Å². The van der Waals surface area contributed by atoms with Gasteiger partial charge in [-0.3, -0.25) is 9.59 Å². The number of hydrogen-bond acceptors (Lipinski definition) is 4. The van der Waals surface area contributed by atoms with Gasteiger partial charge in [-0.2, -0.15) is 0 Å². The van der Waals surface area contributed by atoms with Crippen molar-refractivity contribution in [2.75, 3.05) is 19.1 Å². The van der Waals surface area contributed by atoms with Gasteiger partial charge in [0, 0.05) is 17.2 Å². The summed E-state index contributed by atoms with van der Waals surface area (Å²) in [6.07, 6.45) is 1.76. The molecule has 0 radical (unpaired) electrons. The van der Waals surface area contributed by atoms with Gasteiger partial charge in [0.2, 0.25) is 0 Å². The fourth-order valence-corrected chi connectivity index (χ4v) is 3.50. The number of benzene rings is 3. The number of nitrogens with zero attached hydrogens (tertiary/aromatic N) is 1. The lowest BCUT2D eigenvalue weighted by molar-refractivity contribution is -0.112. The highest BCUT2D eigenvalue weighted by Gasteiger charge is 2.35. The van der Waals surface area contributed by atoms with Gasteiger partial charge in [-0.1, -0.05) is 35.9 Å². The number of carbonyl (C=O) groups is 2. The molecule has 0 saturated heterocycles. The van der Waals surface area contributed by atoms with E-state index in [0.717, 1.165) is 11.1 Å². The van der Waals surface area contributed by atoms with Crippen molar-refractivity contribution in [2.24, 2.45) is 0 Å². The van der Waals surface area contributed by atoms with Crippen molar-refractivity contribution in [3.8, 4) is 11.5 Å². The Morgan fingerprint density at radius 1 is 0.767 bits per heavy atom. The second kappa shape index (κ2) is 7.87. The summed E-state index contributed by atoms with van der Waals surface area (Å²) < 4.78 is 10.7. The van der Waals surface area contributed by atoms with Crippen LogP contribution in [0, 0.1) is 6.92 Å². The van der Waals surface area contributed by atoms with E-state index < -0.39 is 0 Å². The molecule has 30 heavy (non-hydrogen) atoms. The largest absolute Gasteiger partial charge is 0.497 e. The van der Waals surface area contributed by atoms with Gasteiger partial charge in [0.1, 0.15) is 11.5 Å². The number of methoxy groups -OCH3 is 2. The van der Waals surface area contributed by atoms with Crippen molar-refractivity contribution in [2.45, 2.75) is 6.92 Å². The molecule has 0 atom stereocenters. The molecule has 0 N–H and O–H groups in total. The number of hydrogen-bond donors (Lipinski definition) is 0. The second-order valence-corrected chi connectivity index (χ2v) is 7.03. The van der Waals surface area contributed by atoms with E-state index in [9.17, 15) is 9.59 Å². The minimum Gasteiger partial charge on any atom is -0.497 e. The number of aryl methyl sites for hydroxylation is 1. The third kappa shape index (κ3) is 3.46. The Bertz CT molecular complexity index is 1140. The van der Waals surface area contributed by atoms with Crippen molar-refractivity contribution in [3.63, 3.8) is 0 Å². The molecule has 150 valence electrons. The number of fused-ring (bicyclic) bond motifs is 1. The summed E-state index contributed by atoms with van der Waals surface area (Å²) in [5.74, 6) is 0.526. The quantitative estimate of drug-likeness (QED) is 0.470. The van der Waals surface area contributed by atoms with Crippen LogP contribution in [0.15, 0.2) is 66.7 Å². The summed E-state index contributed by atoms with van der Waals surface area (Å²) in [4.78, 5) is 27.8. The topological polar surface area (TPSA) is 55.8 Å². The van der Waals surface area contributed by atoms with Crippen LogP contribution in [-0.4, -0.2) is 26.0 Å². The van der Waals surface area contributed by atoms with E-state index >= 15 is 0 Å². The Kier molecular flexibility index (Phi) is 5.11. The summed E-state index contributed by atoms with van der Waals surface area (Å²) in [7, 11) is 3.15. The maximum atomic E-state index is 13.5. The van der Waals surface area contributed by atoms with E-state index in [0.29, 0.717) is 33.9 Å². The van der Waals surface area contributed by atoms with E-state index in [2.05, 4.69) is 0 Å². The Morgan fingerprint density at radius 2 is 1.37 bits per heavy atom. The molecule has 0 unspecified atom stereocenters. The first-order valence-corrected chi connectivity index (χ1v) is 9.51. The molecule has 0 spiro atoms. The molecule has 0 bridgehead atoms. The first kappa shape index (κ1) is 19.5. The molecule has 2 amide bonds. The zero-order valence-corrected chi connectivity index (χ0v) is 17.0. The van der Waals surface area contributed by atoms with Gasteiger partial charge in [0.15, 0.2) is 0 Å². The predicted molar refractivity (Wildman–Crippen MR) is 117 cm³/mol.